The zero-order chi connectivity index (χ0) is 11.7. The molecule has 4 heteroatoms. The molecular weight excluding hydrogens is 243 g/mol. The van der Waals surface area contributed by atoms with Gasteiger partial charge in [0, 0.05) is 6.20 Å². The first kappa shape index (κ1) is 11.4. The predicted octanol–water partition coefficient (Wildman–Crippen LogP) is 4.07. The molecule has 0 amide bonds. The summed E-state index contributed by atoms with van der Waals surface area (Å²) in [5.41, 5.74) is 3.55. The number of halogens is 2. The molecule has 0 aromatic carbocycles. The monoisotopic (exact) mass is 252 g/mol. The number of hydrogen-bond donors (Lipinski definition) is 0. The van der Waals surface area contributed by atoms with Crippen molar-refractivity contribution in [3.05, 3.63) is 45.7 Å². The van der Waals surface area contributed by atoms with Crippen LogP contribution in [0.15, 0.2) is 24.4 Å². The second-order valence-electron chi connectivity index (χ2n) is 3.53. The fourth-order valence-electron chi connectivity index (χ4n) is 1.48. The van der Waals surface area contributed by atoms with E-state index in [2.05, 4.69) is 9.97 Å². The van der Waals surface area contributed by atoms with Crippen LogP contribution in [0.1, 0.15) is 11.1 Å². The number of nitrogens with zero attached hydrogens (tertiary/aromatic N) is 2. The van der Waals surface area contributed by atoms with Gasteiger partial charge >= 0.3 is 0 Å². The highest BCUT2D eigenvalue weighted by atomic mass is 35.5. The zero-order valence-electron chi connectivity index (χ0n) is 8.96. The van der Waals surface area contributed by atoms with Crippen molar-refractivity contribution in [1.82, 2.24) is 9.97 Å². The van der Waals surface area contributed by atoms with Crippen molar-refractivity contribution in [1.29, 1.82) is 0 Å². The van der Waals surface area contributed by atoms with Crippen LogP contribution in [0.3, 0.4) is 0 Å². The SMILES string of the molecule is Cc1c(-c2ccccn2)nc(Cl)c(Cl)c1C. The molecule has 0 radical (unpaired) electrons. The molecule has 82 valence electrons. The summed E-state index contributed by atoms with van der Waals surface area (Å²) in [7, 11) is 0. The van der Waals surface area contributed by atoms with Crippen LogP contribution in [-0.2, 0) is 0 Å². The van der Waals surface area contributed by atoms with E-state index in [1.54, 1.807) is 6.20 Å². The maximum atomic E-state index is 6.03. The lowest BCUT2D eigenvalue weighted by Crippen LogP contribution is -1.95. The molecule has 2 rings (SSSR count). The summed E-state index contributed by atoms with van der Waals surface area (Å²) in [5.74, 6) is 0. The second kappa shape index (κ2) is 4.40. The smallest absolute Gasteiger partial charge is 0.148 e. The molecule has 0 bridgehead atoms. The van der Waals surface area contributed by atoms with Crippen LogP contribution in [0, 0.1) is 13.8 Å². The van der Waals surface area contributed by atoms with Crippen LogP contribution in [0.25, 0.3) is 11.4 Å². The highest BCUT2D eigenvalue weighted by Crippen LogP contribution is 2.31. The van der Waals surface area contributed by atoms with Crippen LogP contribution >= 0.6 is 23.2 Å². The molecule has 0 fully saturated rings. The van der Waals surface area contributed by atoms with Crippen LogP contribution in [-0.4, -0.2) is 9.97 Å². The van der Waals surface area contributed by atoms with Crippen molar-refractivity contribution in [3.63, 3.8) is 0 Å². The van der Waals surface area contributed by atoms with E-state index in [0.29, 0.717) is 10.2 Å². The Labute approximate surface area is 104 Å². The molecule has 0 N–H and O–H groups in total. The van der Waals surface area contributed by atoms with Gasteiger partial charge in [0.2, 0.25) is 0 Å². The van der Waals surface area contributed by atoms with Gasteiger partial charge in [-0.1, -0.05) is 29.3 Å². The summed E-state index contributed by atoms with van der Waals surface area (Å²) in [6, 6.07) is 5.68. The Hall–Kier alpha value is -1.12. The molecule has 0 spiro atoms. The molecule has 0 unspecified atom stereocenters. The lowest BCUT2D eigenvalue weighted by atomic mass is 10.1. The minimum Gasteiger partial charge on any atom is -0.255 e. The van der Waals surface area contributed by atoms with E-state index < -0.39 is 0 Å². The summed E-state index contributed by atoms with van der Waals surface area (Å²) in [6.07, 6.45) is 1.73. The van der Waals surface area contributed by atoms with Gasteiger partial charge in [0.15, 0.2) is 0 Å². The summed E-state index contributed by atoms with van der Waals surface area (Å²) in [6.45, 7) is 3.90. The van der Waals surface area contributed by atoms with Crippen LogP contribution in [0.4, 0.5) is 0 Å². The van der Waals surface area contributed by atoms with Crippen LogP contribution in [0.5, 0.6) is 0 Å². The predicted molar refractivity (Wildman–Crippen MR) is 67.0 cm³/mol. The molecule has 2 heterocycles. The minimum atomic E-state index is 0.324. The first-order chi connectivity index (χ1) is 7.61. The third-order valence-corrected chi connectivity index (χ3v) is 3.38. The summed E-state index contributed by atoms with van der Waals surface area (Å²) < 4.78 is 0. The quantitative estimate of drug-likeness (QED) is 0.716. The summed E-state index contributed by atoms with van der Waals surface area (Å²) in [5, 5.41) is 0.837. The third-order valence-electron chi connectivity index (χ3n) is 2.55. The number of rotatable bonds is 1. The van der Waals surface area contributed by atoms with E-state index in [1.165, 1.54) is 0 Å². The van der Waals surface area contributed by atoms with Crippen molar-refractivity contribution in [3.8, 4) is 11.4 Å². The maximum Gasteiger partial charge on any atom is 0.148 e. The van der Waals surface area contributed by atoms with Gasteiger partial charge < -0.3 is 0 Å². The second-order valence-corrected chi connectivity index (χ2v) is 4.27. The largest absolute Gasteiger partial charge is 0.255 e. The Bertz CT molecular complexity index is 524. The van der Waals surface area contributed by atoms with E-state index in [9.17, 15) is 0 Å². The lowest BCUT2D eigenvalue weighted by Gasteiger charge is -2.10. The molecule has 0 saturated heterocycles. The maximum absolute atomic E-state index is 6.03. The van der Waals surface area contributed by atoms with Gasteiger partial charge in [-0.15, -0.1) is 0 Å². The van der Waals surface area contributed by atoms with E-state index in [-0.39, 0.29) is 0 Å². The van der Waals surface area contributed by atoms with Gasteiger partial charge in [-0.25, -0.2) is 4.98 Å². The van der Waals surface area contributed by atoms with E-state index in [1.807, 2.05) is 32.0 Å². The Kier molecular flexibility index (Phi) is 3.13. The van der Waals surface area contributed by atoms with Crippen LogP contribution < -0.4 is 0 Å². The van der Waals surface area contributed by atoms with Gasteiger partial charge in [-0.05, 0) is 37.1 Å². The van der Waals surface area contributed by atoms with Crippen molar-refractivity contribution in [2.75, 3.05) is 0 Å². The first-order valence-corrected chi connectivity index (χ1v) is 5.60. The van der Waals surface area contributed by atoms with E-state index >= 15 is 0 Å². The average molecular weight is 253 g/mol. The summed E-state index contributed by atoms with van der Waals surface area (Å²) in [4.78, 5) is 8.53. The molecule has 2 nitrogen and oxygen atoms in total. The van der Waals surface area contributed by atoms with Gasteiger partial charge in [0.25, 0.3) is 0 Å². The third kappa shape index (κ3) is 1.91. The minimum absolute atomic E-state index is 0.324. The Balaban J connectivity index is 2.68. The number of hydrogen-bond acceptors (Lipinski definition) is 2. The normalized spacial score (nSPS) is 10.5. The van der Waals surface area contributed by atoms with Gasteiger partial charge in [0.05, 0.1) is 16.4 Å². The lowest BCUT2D eigenvalue weighted by molar-refractivity contribution is 1.18. The molecule has 0 saturated carbocycles. The number of aromatic nitrogens is 2. The average Bonchev–Trinajstić information content (AvgIpc) is 2.32. The van der Waals surface area contributed by atoms with Gasteiger partial charge in [-0.3, -0.25) is 4.98 Å². The molecule has 16 heavy (non-hydrogen) atoms. The number of pyridine rings is 2. The van der Waals surface area contributed by atoms with Gasteiger partial charge in [-0.2, -0.15) is 0 Å². The van der Waals surface area contributed by atoms with Crippen molar-refractivity contribution >= 4 is 23.2 Å². The first-order valence-electron chi connectivity index (χ1n) is 4.85. The highest BCUT2D eigenvalue weighted by molar-refractivity contribution is 6.41. The van der Waals surface area contributed by atoms with Crippen molar-refractivity contribution in [2.45, 2.75) is 13.8 Å². The summed E-state index contributed by atoms with van der Waals surface area (Å²) >= 11 is 12.0. The Morgan fingerprint density at radius 3 is 2.44 bits per heavy atom. The standard InChI is InChI=1S/C12H10Cl2N2/c1-7-8(2)11(16-12(14)10(7)13)9-5-3-4-6-15-9/h3-6H,1-2H3. The molecule has 0 aliphatic carbocycles. The van der Waals surface area contributed by atoms with Crippen molar-refractivity contribution in [2.24, 2.45) is 0 Å². The van der Waals surface area contributed by atoms with Gasteiger partial charge in [0.1, 0.15) is 5.15 Å². The topological polar surface area (TPSA) is 25.8 Å². The molecule has 0 aliphatic rings. The van der Waals surface area contributed by atoms with E-state index in [0.717, 1.165) is 22.5 Å². The Morgan fingerprint density at radius 2 is 1.81 bits per heavy atom. The fourth-order valence-corrected chi connectivity index (χ4v) is 1.89. The molecule has 0 atom stereocenters. The molecule has 2 aromatic heterocycles. The molecule has 2 aromatic rings. The zero-order valence-corrected chi connectivity index (χ0v) is 10.5. The highest BCUT2D eigenvalue weighted by Gasteiger charge is 2.13. The van der Waals surface area contributed by atoms with E-state index in [4.69, 9.17) is 23.2 Å². The molecule has 0 aliphatic heterocycles. The van der Waals surface area contributed by atoms with Crippen molar-refractivity contribution < 1.29 is 0 Å². The Morgan fingerprint density at radius 1 is 1.06 bits per heavy atom. The fraction of sp³-hybridized carbons (Fsp3) is 0.167. The van der Waals surface area contributed by atoms with Crippen LogP contribution in [0.2, 0.25) is 10.2 Å². The molecular formula is C12H10Cl2N2.